The smallest absolute Gasteiger partial charge is 0.231 e. The van der Waals surface area contributed by atoms with Crippen molar-refractivity contribution in [3.05, 3.63) is 41.0 Å². The number of nitrogens with zero attached hydrogens (tertiary/aromatic N) is 3. The number of halogens is 1. The molecule has 0 atom stereocenters. The lowest BCUT2D eigenvalue weighted by molar-refractivity contribution is -0.115. The summed E-state index contributed by atoms with van der Waals surface area (Å²) in [6.07, 6.45) is 4.66. The fourth-order valence-electron chi connectivity index (χ4n) is 1.27. The average Bonchev–Trinajstić information content (AvgIpc) is 2.35. The van der Waals surface area contributed by atoms with Crippen LogP contribution in [0.1, 0.15) is 5.69 Å². The number of anilines is 2. The van der Waals surface area contributed by atoms with Crippen molar-refractivity contribution < 1.29 is 4.79 Å². The van der Waals surface area contributed by atoms with Gasteiger partial charge >= 0.3 is 0 Å². The quantitative estimate of drug-likeness (QED) is 0.894. The van der Waals surface area contributed by atoms with E-state index in [1.165, 1.54) is 18.6 Å². The molecule has 6 nitrogen and oxygen atoms in total. The Morgan fingerprint density at radius 3 is 2.67 bits per heavy atom. The zero-order valence-electron chi connectivity index (χ0n) is 9.30. The van der Waals surface area contributed by atoms with Crippen LogP contribution in [-0.2, 0) is 11.2 Å². The van der Waals surface area contributed by atoms with Crippen LogP contribution in [0.15, 0.2) is 35.3 Å². The first-order chi connectivity index (χ1) is 8.63. The van der Waals surface area contributed by atoms with Crippen molar-refractivity contribution in [2.75, 3.05) is 11.1 Å². The van der Waals surface area contributed by atoms with Gasteiger partial charge in [-0.3, -0.25) is 9.78 Å². The molecule has 2 aromatic rings. The van der Waals surface area contributed by atoms with E-state index in [4.69, 9.17) is 5.73 Å². The van der Waals surface area contributed by atoms with Gasteiger partial charge in [0.25, 0.3) is 0 Å². The predicted molar refractivity (Wildman–Crippen MR) is 70.7 cm³/mol. The summed E-state index contributed by atoms with van der Waals surface area (Å²) in [6.45, 7) is 0. The number of nitrogens with one attached hydrogen (secondary N) is 1. The fourth-order valence-corrected chi connectivity index (χ4v) is 1.47. The highest BCUT2D eigenvalue weighted by molar-refractivity contribution is 9.10. The molecule has 18 heavy (non-hydrogen) atoms. The molecular weight excluding hydrogens is 298 g/mol. The largest absolute Gasteiger partial charge is 0.397 e. The molecule has 7 heteroatoms. The third-order valence-corrected chi connectivity index (χ3v) is 2.49. The van der Waals surface area contributed by atoms with Crippen molar-refractivity contribution in [3.63, 3.8) is 0 Å². The number of rotatable bonds is 3. The van der Waals surface area contributed by atoms with E-state index in [0.717, 1.165) is 0 Å². The van der Waals surface area contributed by atoms with Crippen molar-refractivity contribution >= 4 is 33.3 Å². The summed E-state index contributed by atoms with van der Waals surface area (Å²) in [5.41, 5.74) is 6.72. The molecule has 0 aromatic carbocycles. The minimum absolute atomic E-state index is 0.165. The van der Waals surface area contributed by atoms with Crippen LogP contribution in [0, 0.1) is 0 Å². The number of aromatic nitrogens is 3. The van der Waals surface area contributed by atoms with Crippen LogP contribution in [-0.4, -0.2) is 20.9 Å². The number of hydrogen-bond acceptors (Lipinski definition) is 5. The van der Waals surface area contributed by atoms with Crippen LogP contribution < -0.4 is 11.1 Å². The molecule has 0 spiro atoms. The zero-order chi connectivity index (χ0) is 13.0. The molecule has 0 unspecified atom stereocenters. The zero-order valence-corrected chi connectivity index (χ0v) is 10.9. The number of carbonyl (C=O) groups excluding carboxylic acids is 1. The second-order valence-corrected chi connectivity index (χ2v) is 4.34. The average molecular weight is 308 g/mol. The van der Waals surface area contributed by atoms with E-state index >= 15 is 0 Å². The van der Waals surface area contributed by atoms with Gasteiger partial charge < -0.3 is 11.1 Å². The molecule has 3 N–H and O–H groups in total. The van der Waals surface area contributed by atoms with Gasteiger partial charge in [-0.1, -0.05) is 0 Å². The molecule has 2 aromatic heterocycles. The summed E-state index contributed by atoms with van der Waals surface area (Å²) in [7, 11) is 0. The van der Waals surface area contributed by atoms with Gasteiger partial charge in [-0.05, 0) is 28.1 Å². The molecule has 0 aliphatic heterocycles. The van der Waals surface area contributed by atoms with Gasteiger partial charge in [0.15, 0.2) is 5.82 Å². The monoisotopic (exact) mass is 307 g/mol. The van der Waals surface area contributed by atoms with Crippen molar-refractivity contribution in [1.29, 1.82) is 0 Å². The minimum Gasteiger partial charge on any atom is -0.397 e. The summed E-state index contributed by atoms with van der Waals surface area (Å²) in [5.74, 6) is 0.197. The van der Waals surface area contributed by atoms with Gasteiger partial charge in [0.1, 0.15) is 4.60 Å². The lowest BCUT2D eigenvalue weighted by atomic mass is 10.2. The molecule has 0 saturated heterocycles. The Morgan fingerprint density at radius 2 is 2.06 bits per heavy atom. The molecule has 0 radical (unpaired) electrons. The highest BCUT2D eigenvalue weighted by atomic mass is 79.9. The summed E-state index contributed by atoms with van der Waals surface area (Å²) >= 11 is 3.16. The van der Waals surface area contributed by atoms with Gasteiger partial charge in [-0.15, -0.1) is 0 Å². The first kappa shape index (κ1) is 12.4. The molecule has 2 heterocycles. The lowest BCUT2D eigenvalue weighted by Gasteiger charge is -2.03. The number of nitrogen functional groups attached to an aromatic ring is 1. The first-order valence-corrected chi connectivity index (χ1v) is 5.90. The van der Waals surface area contributed by atoms with E-state index in [0.29, 0.717) is 21.8 Å². The highest BCUT2D eigenvalue weighted by Gasteiger charge is 2.06. The van der Waals surface area contributed by atoms with E-state index in [2.05, 4.69) is 36.2 Å². The fraction of sp³-hybridized carbons (Fsp3) is 0.0909. The standard InChI is InChI=1S/C11H10BrN5O/c12-9-5-16-10(6-15-9)17-11(18)3-8-2-1-7(13)4-14-8/h1-2,4-6H,3,13H2,(H,16,17,18). The summed E-state index contributed by atoms with van der Waals surface area (Å²) < 4.78 is 0.612. The summed E-state index contributed by atoms with van der Waals surface area (Å²) in [6, 6.07) is 3.41. The van der Waals surface area contributed by atoms with E-state index in [-0.39, 0.29) is 12.3 Å². The molecule has 92 valence electrons. The molecule has 1 amide bonds. The van der Waals surface area contributed by atoms with E-state index in [9.17, 15) is 4.79 Å². The molecule has 0 saturated carbocycles. The van der Waals surface area contributed by atoms with Crippen molar-refractivity contribution in [2.24, 2.45) is 0 Å². The van der Waals surface area contributed by atoms with Crippen LogP contribution in [0.4, 0.5) is 11.5 Å². The Morgan fingerprint density at radius 1 is 1.22 bits per heavy atom. The lowest BCUT2D eigenvalue weighted by Crippen LogP contribution is -2.16. The molecule has 0 aliphatic carbocycles. The highest BCUT2D eigenvalue weighted by Crippen LogP contribution is 2.07. The number of nitrogens with two attached hydrogens (primary N) is 1. The van der Waals surface area contributed by atoms with Crippen LogP contribution in [0.3, 0.4) is 0 Å². The molecule has 0 bridgehead atoms. The molecule has 0 fully saturated rings. The van der Waals surface area contributed by atoms with Crippen molar-refractivity contribution in [3.8, 4) is 0 Å². The van der Waals surface area contributed by atoms with Crippen LogP contribution in [0.5, 0.6) is 0 Å². The predicted octanol–water partition coefficient (Wildman–Crippen LogP) is 1.40. The maximum atomic E-state index is 11.7. The third kappa shape index (κ3) is 3.49. The summed E-state index contributed by atoms with van der Waals surface area (Å²) in [4.78, 5) is 23.7. The maximum absolute atomic E-state index is 11.7. The Labute approximate surface area is 112 Å². The topological polar surface area (TPSA) is 93.8 Å². The Balaban J connectivity index is 1.96. The van der Waals surface area contributed by atoms with Gasteiger partial charge in [-0.25, -0.2) is 9.97 Å². The second kappa shape index (κ2) is 5.54. The molecule has 2 rings (SSSR count). The number of amides is 1. The van der Waals surface area contributed by atoms with Gasteiger partial charge in [-0.2, -0.15) is 0 Å². The second-order valence-electron chi connectivity index (χ2n) is 3.53. The number of hydrogen-bond donors (Lipinski definition) is 2. The van der Waals surface area contributed by atoms with Gasteiger partial charge in [0.05, 0.1) is 30.7 Å². The first-order valence-electron chi connectivity index (χ1n) is 5.11. The number of carbonyl (C=O) groups is 1. The van der Waals surface area contributed by atoms with Gasteiger partial charge in [0, 0.05) is 5.69 Å². The van der Waals surface area contributed by atoms with Crippen molar-refractivity contribution in [2.45, 2.75) is 6.42 Å². The number of pyridine rings is 1. The van der Waals surface area contributed by atoms with Gasteiger partial charge in [0.2, 0.25) is 5.91 Å². The van der Waals surface area contributed by atoms with Crippen LogP contribution in [0.2, 0.25) is 0 Å². The Kier molecular flexibility index (Phi) is 3.83. The Hall–Kier alpha value is -2.02. The SMILES string of the molecule is Nc1ccc(CC(=O)Nc2cnc(Br)cn2)nc1. The molecule has 0 aliphatic rings. The van der Waals surface area contributed by atoms with Crippen molar-refractivity contribution in [1.82, 2.24) is 15.0 Å². The maximum Gasteiger partial charge on any atom is 0.231 e. The normalized spacial score (nSPS) is 10.1. The molecular formula is C11H10BrN5O. The van der Waals surface area contributed by atoms with E-state index < -0.39 is 0 Å². The van der Waals surface area contributed by atoms with Crippen LogP contribution >= 0.6 is 15.9 Å². The minimum atomic E-state index is -0.205. The summed E-state index contributed by atoms with van der Waals surface area (Å²) in [5, 5.41) is 2.63. The Bertz CT molecular complexity index is 491. The van der Waals surface area contributed by atoms with E-state index in [1.807, 2.05) is 0 Å². The third-order valence-electron chi connectivity index (χ3n) is 2.08. The van der Waals surface area contributed by atoms with E-state index in [1.54, 1.807) is 12.1 Å². The van der Waals surface area contributed by atoms with Crippen LogP contribution in [0.25, 0.3) is 0 Å².